The molecule has 0 bridgehead atoms. The van der Waals surface area contributed by atoms with E-state index < -0.39 is 11.9 Å². The first kappa shape index (κ1) is 17.7. The summed E-state index contributed by atoms with van der Waals surface area (Å²) < 4.78 is 21.3. The number of carbonyl (C=O) groups excluding carboxylic acids is 1. The molecule has 0 fully saturated rings. The lowest BCUT2D eigenvalue weighted by Crippen LogP contribution is -2.12. The van der Waals surface area contributed by atoms with E-state index in [1.165, 1.54) is 4.68 Å². The van der Waals surface area contributed by atoms with Crippen molar-refractivity contribution in [3.63, 3.8) is 0 Å². The molecule has 0 radical (unpaired) electrons. The van der Waals surface area contributed by atoms with Gasteiger partial charge in [0.05, 0.1) is 16.6 Å². The first-order valence-electron chi connectivity index (χ1n) is 8.59. The quantitative estimate of drug-likeness (QED) is 0.584. The number of nitrogens with zero attached hydrogens (tertiary/aromatic N) is 3. The maximum absolute atomic E-state index is 13.9. The fourth-order valence-corrected chi connectivity index (χ4v) is 3.13. The third-order valence-corrected chi connectivity index (χ3v) is 4.53. The molecule has 0 aliphatic carbocycles. The second-order valence-corrected chi connectivity index (χ2v) is 6.47. The molecular formula is C21H17FN4O2. The molecule has 7 heteroatoms. The first-order valence-corrected chi connectivity index (χ1v) is 8.59. The summed E-state index contributed by atoms with van der Waals surface area (Å²) in [4.78, 5) is 15.8. The number of amides is 1. The molecule has 0 atom stereocenters. The number of pyridine rings is 1. The van der Waals surface area contributed by atoms with E-state index in [1.807, 2.05) is 13.0 Å². The van der Waals surface area contributed by atoms with Gasteiger partial charge in [-0.2, -0.15) is 4.39 Å². The molecule has 0 saturated carbocycles. The zero-order valence-corrected chi connectivity index (χ0v) is 15.3. The molecule has 4 rings (SSSR count). The van der Waals surface area contributed by atoms with Gasteiger partial charge in [0, 0.05) is 30.4 Å². The van der Waals surface area contributed by atoms with Gasteiger partial charge in [0.15, 0.2) is 0 Å². The Hall–Kier alpha value is -3.74. The van der Waals surface area contributed by atoms with Gasteiger partial charge in [-0.15, -0.1) is 5.10 Å². The van der Waals surface area contributed by atoms with Crippen LogP contribution in [0.2, 0.25) is 0 Å². The maximum atomic E-state index is 13.9. The Kier molecular flexibility index (Phi) is 4.27. The van der Waals surface area contributed by atoms with Gasteiger partial charge in [-0.05, 0) is 48.9 Å². The van der Waals surface area contributed by atoms with E-state index in [4.69, 9.17) is 10.5 Å². The largest absolute Gasteiger partial charge is 0.457 e. The van der Waals surface area contributed by atoms with E-state index in [2.05, 4.69) is 10.1 Å². The van der Waals surface area contributed by atoms with Crippen LogP contribution in [-0.4, -0.2) is 20.7 Å². The lowest BCUT2D eigenvalue weighted by Gasteiger charge is -2.09. The number of hydrogen-bond donors (Lipinski definition) is 1. The summed E-state index contributed by atoms with van der Waals surface area (Å²) in [6.45, 7) is 1.82. The van der Waals surface area contributed by atoms with Crippen LogP contribution in [0, 0.1) is 12.9 Å². The number of hydrogen-bond acceptors (Lipinski definition) is 4. The number of benzene rings is 2. The fourth-order valence-electron chi connectivity index (χ4n) is 3.13. The van der Waals surface area contributed by atoms with E-state index >= 15 is 0 Å². The van der Waals surface area contributed by atoms with Crippen molar-refractivity contribution >= 4 is 16.8 Å². The summed E-state index contributed by atoms with van der Waals surface area (Å²) in [5.41, 5.74) is 8.81. The third kappa shape index (κ3) is 3.18. The van der Waals surface area contributed by atoms with E-state index in [9.17, 15) is 9.18 Å². The maximum Gasteiger partial charge on any atom is 0.248 e. The van der Waals surface area contributed by atoms with Crippen LogP contribution in [0.15, 0.2) is 54.7 Å². The lowest BCUT2D eigenvalue weighted by atomic mass is 10.0. The van der Waals surface area contributed by atoms with Gasteiger partial charge < -0.3 is 10.5 Å². The average molecular weight is 376 g/mol. The molecule has 4 aromatic rings. The van der Waals surface area contributed by atoms with E-state index in [1.54, 1.807) is 55.7 Å². The first-order chi connectivity index (χ1) is 13.4. The van der Waals surface area contributed by atoms with Crippen molar-refractivity contribution in [2.45, 2.75) is 6.92 Å². The van der Waals surface area contributed by atoms with E-state index in [0.717, 1.165) is 11.1 Å². The van der Waals surface area contributed by atoms with Crippen molar-refractivity contribution in [3.05, 3.63) is 71.8 Å². The number of fused-ring (bicyclic) bond motifs is 1. The predicted octanol–water partition coefficient (Wildman–Crippen LogP) is 3.97. The second-order valence-electron chi connectivity index (χ2n) is 6.47. The molecule has 0 aliphatic rings. The second kappa shape index (κ2) is 6.77. The molecule has 1 amide bonds. The molecule has 2 heterocycles. The Bertz CT molecular complexity index is 1220. The Morgan fingerprint density at radius 3 is 2.64 bits per heavy atom. The standard InChI is InChI=1S/C21H17FN4O2/c1-12-9-13(3-5-16(12)21(23)27)18-11-15(7-8-24-18)28-14-4-6-19-17(10-14)20(22)25-26(19)2/h3-11H,1-2H3,(H2,23,27). The van der Waals surface area contributed by atoms with Crippen molar-refractivity contribution in [3.8, 4) is 22.8 Å². The molecule has 0 aliphatic heterocycles. The van der Waals surface area contributed by atoms with E-state index in [-0.39, 0.29) is 0 Å². The van der Waals surface area contributed by atoms with Crippen LogP contribution in [0.5, 0.6) is 11.5 Å². The van der Waals surface area contributed by atoms with Crippen LogP contribution in [0.25, 0.3) is 22.2 Å². The van der Waals surface area contributed by atoms with Gasteiger partial charge in [-0.25, -0.2) is 0 Å². The highest BCUT2D eigenvalue weighted by molar-refractivity contribution is 5.94. The molecule has 28 heavy (non-hydrogen) atoms. The van der Waals surface area contributed by atoms with Crippen molar-refractivity contribution in [2.75, 3.05) is 0 Å². The Balaban J connectivity index is 1.65. The molecule has 0 spiro atoms. The molecule has 140 valence electrons. The van der Waals surface area contributed by atoms with Gasteiger partial charge in [0.1, 0.15) is 11.5 Å². The van der Waals surface area contributed by atoms with Crippen LogP contribution >= 0.6 is 0 Å². The van der Waals surface area contributed by atoms with Gasteiger partial charge in [-0.3, -0.25) is 14.5 Å². The minimum absolute atomic E-state index is 0.395. The minimum atomic E-state index is -0.539. The van der Waals surface area contributed by atoms with Gasteiger partial charge in [0.25, 0.3) is 0 Å². The predicted molar refractivity (Wildman–Crippen MR) is 104 cm³/mol. The van der Waals surface area contributed by atoms with Crippen LogP contribution in [0.4, 0.5) is 4.39 Å². The summed E-state index contributed by atoms with van der Waals surface area (Å²) in [6, 6.07) is 14.0. The van der Waals surface area contributed by atoms with Crippen LogP contribution in [-0.2, 0) is 7.05 Å². The summed E-state index contributed by atoms with van der Waals surface area (Å²) in [5.74, 6) is 0.0533. The Morgan fingerprint density at radius 2 is 1.89 bits per heavy atom. The molecule has 2 N–H and O–H groups in total. The van der Waals surface area contributed by atoms with Crippen LogP contribution in [0.3, 0.4) is 0 Å². The third-order valence-electron chi connectivity index (χ3n) is 4.53. The number of aryl methyl sites for hydroxylation is 2. The lowest BCUT2D eigenvalue weighted by molar-refractivity contribution is 0.0999. The Morgan fingerprint density at radius 1 is 1.11 bits per heavy atom. The summed E-state index contributed by atoms with van der Waals surface area (Å²) in [6.07, 6.45) is 1.63. The highest BCUT2D eigenvalue weighted by Crippen LogP contribution is 2.29. The van der Waals surface area contributed by atoms with Crippen molar-refractivity contribution < 1.29 is 13.9 Å². The molecule has 0 saturated heterocycles. The molecule has 6 nitrogen and oxygen atoms in total. The highest BCUT2D eigenvalue weighted by Gasteiger charge is 2.11. The van der Waals surface area contributed by atoms with E-state index in [0.29, 0.717) is 33.7 Å². The topological polar surface area (TPSA) is 83.0 Å². The zero-order valence-electron chi connectivity index (χ0n) is 15.3. The smallest absolute Gasteiger partial charge is 0.248 e. The van der Waals surface area contributed by atoms with Crippen molar-refractivity contribution in [2.24, 2.45) is 12.8 Å². The highest BCUT2D eigenvalue weighted by atomic mass is 19.1. The van der Waals surface area contributed by atoms with Gasteiger partial charge >= 0.3 is 0 Å². The van der Waals surface area contributed by atoms with Gasteiger partial charge in [-0.1, -0.05) is 6.07 Å². The summed E-state index contributed by atoms with van der Waals surface area (Å²) >= 11 is 0. The Labute approximate surface area is 160 Å². The molecule has 2 aromatic carbocycles. The zero-order chi connectivity index (χ0) is 19.8. The number of rotatable bonds is 4. The number of halogens is 1. The molecular weight excluding hydrogens is 359 g/mol. The van der Waals surface area contributed by atoms with Crippen LogP contribution in [0.1, 0.15) is 15.9 Å². The van der Waals surface area contributed by atoms with Crippen molar-refractivity contribution in [1.29, 1.82) is 0 Å². The molecule has 2 aromatic heterocycles. The normalized spacial score (nSPS) is 11.0. The fraction of sp³-hybridized carbons (Fsp3) is 0.0952. The summed E-state index contributed by atoms with van der Waals surface area (Å²) in [7, 11) is 1.69. The summed E-state index contributed by atoms with van der Waals surface area (Å²) in [5, 5.41) is 4.17. The minimum Gasteiger partial charge on any atom is -0.457 e. The SMILES string of the molecule is Cc1cc(-c2cc(Oc3ccc4c(c3)c(F)nn4C)ccn2)ccc1C(N)=O. The average Bonchev–Trinajstić information content (AvgIpc) is 2.95. The molecule has 0 unspecified atom stereocenters. The number of nitrogens with two attached hydrogens (primary N) is 1. The number of primary amides is 1. The number of aromatic nitrogens is 3. The number of ether oxygens (including phenoxy) is 1. The number of carbonyl (C=O) groups is 1. The van der Waals surface area contributed by atoms with Gasteiger partial charge in [0.2, 0.25) is 11.9 Å². The van der Waals surface area contributed by atoms with Crippen LogP contribution < -0.4 is 10.5 Å². The monoisotopic (exact) mass is 376 g/mol. The van der Waals surface area contributed by atoms with Crippen molar-refractivity contribution in [1.82, 2.24) is 14.8 Å².